The van der Waals surface area contributed by atoms with E-state index in [1.807, 2.05) is 18.2 Å². The summed E-state index contributed by atoms with van der Waals surface area (Å²) >= 11 is 3.52. The summed E-state index contributed by atoms with van der Waals surface area (Å²) in [5, 5.41) is 2.56. The molecule has 0 fully saturated rings. The number of carbonyl (C=O) groups excluding carboxylic acids is 1. The molecule has 1 atom stereocenters. The smallest absolute Gasteiger partial charge is 0.223 e. The molecular weight excluding hydrogens is 308 g/mol. The molecule has 0 aromatic heterocycles. The zero-order valence-electron chi connectivity index (χ0n) is 11.4. The molecule has 0 bridgehead atoms. The van der Waals surface area contributed by atoms with Crippen molar-refractivity contribution in [2.24, 2.45) is 5.73 Å². The molecule has 3 N–H and O–H groups in total. The standard InChI is InChI=1S/C14H21BrN2O2/c1-3-11(16)8-10-9-12(4-5-13(10)15)19-7-6-14(18)17-2/h4-5,9,11H,3,6-8,16H2,1-2H3,(H,17,18). The minimum atomic E-state index is -0.0228. The lowest BCUT2D eigenvalue weighted by atomic mass is 10.0. The summed E-state index contributed by atoms with van der Waals surface area (Å²) in [5.74, 6) is 0.746. The maximum Gasteiger partial charge on any atom is 0.223 e. The fourth-order valence-corrected chi connectivity index (χ4v) is 2.02. The van der Waals surface area contributed by atoms with E-state index in [9.17, 15) is 4.79 Å². The van der Waals surface area contributed by atoms with Crippen LogP contribution in [0.2, 0.25) is 0 Å². The zero-order valence-corrected chi connectivity index (χ0v) is 13.0. The molecule has 0 saturated heterocycles. The maximum atomic E-state index is 11.1. The number of nitrogens with two attached hydrogens (primary N) is 1. The Morgan fingerprint density at radius 1 is 1.53 bits per heavy atom. The van der Waals surface area contributed by atoms with Crippen LogP contribution in [0.4, 0.5) is 0 Å². The second-order valence-corrected chi connectivity index (χ2v) is 5.25. The number of ether oxygens (including phenoxy) is 1. The summed E-state index contributed by atoms with van der Waals surface area (Å²) in [6, 6.07) is 5.96. The highest BCUT2D eigenvalue weighted by Gasteiger charge is 2.07. The molecule has 0 spiro atoms. The summed E-state index contributed by atoms with van der Waals surface area (Å²) in [4.78, 5) is 11.1. The molecular formula is C14H21BrN2O2. The minimum absolute atomic E-state index is 0.0228. The molecule has 5 heteroatoms. The Kier molecular flexibility index (Phi) is 6.87. The van der Waals surface area contributed by atoms with Crippen LogP contribution in [0.3, 0.4) is 0 Å². The highest BCUT2D eigenvalue weighted by atomic mass is 79.9. The SMILES string of the molecule is CCC(N)Cc1cc(OCCC(=O)NC)ccc1Br. The van der Waals surface area contributed by atoms with Gasteiger partial charge in [-0.3, -0.25) is 4.79 Å². The van der Waals surface area contributed by atoms with Gasteiger partial charge in [0.15, 0.2) is 0 Å². The van der Waals surface area contributed by atoms with Crippen molar-refractivity contribution in [1.82, 2.24) is 5.32 Å². The molecule has 1 aromatic rings. The van der Waals surface area contributed by atoms with Crippen molar-refractivity contribution in [3.05, 3.63) is 28.2 Å². The van der Waals surface area contributed by atoms with Gasteiger partial charge in [0.25, 0.3) is 0 Å². The molecule has 1 unspecified atom stereocenters. The molecule has 0 aliphatic rings. The Bertz CT molecular complexity index is 424. The molecule has 0 aliphatic carbocycles. The van der Waals surface area contributed by atoms with E-state index in [2.05, 4.69) is 28.2 Å². The fraction of sp³-hybridized carbons (Fsp3) is 0.500. The van der Waals surface area contributed by atoms with Crippen molar-refractivity contribution in [2.45, 2.75) is 32.2 Å². The Morgan fingerprint density at radius 3 is 2.89 bits per heavy atom. The molecule has 1 aromatic carbocycles. The predicted molar refractivity (Wildman–Crippen MR) is 80.3 cm³/mol. The average molecular weight is 329 g/mol. The van der Waals surface area contributed by atoms with Crippen LogP contribution in [0.15, 0.2) is 22.7 Å². The summed E-state index contributed by atoms with van der Waals surface area (Å²) in [5.41, 5.74) is 7.10. The van der Waals surface area contributed by atoms with Crippen LogP contribution in [0.5, 0.6) is 5.75 Å². The Morgan fingerprint density at radius 2 is 2.26 bits per heavy atom. The molecule has 4 nitrogen and oxygen atoms in total. The first-order chi connectivity index (χ1) is 9.06. The molecule has 106 valence electrons. The van der Waals surface area contributed by atoms with E-state index >= 15 is 0 Å². The van der Waals surface area contributed by atoms with Crippen molar-refractivity contribution >= 4 is 21.8 Å². The third-order valence-corrected chi connectivity index (χ3v) is 3.67. The van der Waals surface area contributed by atoms with Crippen molar-refractivity contribution in [3.63, 3.8) is 0 Å². The highest BCUT2D eigenvalue weighted by molar-refractivity contribution is 9.10. The third kappa shape index (κ3) is 5.61. The molecule has 1 rings (SSSR count). The van der Waals surface area contributed by atoms with E-state index in [0.29, 0.717) is 13.0 Å². The second-order valence-electron chi connectivity index (χ2n) is 4.40. The number of amides is 1. The van der Waals surface area contributed by atoms with Crippen molar-refractivity contribution < 1.29 is 9.53 Å². The largest absolute Gasteiger partial charge is 0.493 e. The quantitative estimate of drug-likeness (QED) is 0.806. The summed E-state index contributed by atoms with van der Waals surface area (Å²) in [6.45, 7) is 2.45. The fourth-order valence-electron chi connectivity index (χ4n) is 1.61. The Balaban J connectivity index is 2.60. The molecule has 0 aliphatic heterocycles. The topological polar surface area (TPSA) is 64.3 Å². The molecule has 1 amide bonds. The Labute approximate surface area is 122 Å². The molecule has 19 heavy (non-hydrogen) atoms. The number of hydrogen-bond acceptors (Lipinski definition) is 3. The van der Waals surface area contributed by atoms with E-state index in [-0.39, 0.29) is 11.9 Å². The van der Waals surface area contributed by atoms with Crippen LogP contribution < -0.4 is 15.8 Å². The first-order valence-corrected chi connectivity index (χ1v) is 7.23. The van der Waals surface area contributed by atoms with Gasteiger partial charge in [-0.25, -0.2) is 0 Å². The van der Waals surface area contributed by atoms with Crippen LogP contribution in [-0.4, -0.2) is 25.6 Å². The first-order valence-electron chi connectivity index (χ1n) is 6.44. The van der Waals surface area contributed by atoms with Crippen LogP contribution in [0, 0.1) is 0 Å². The summed E-state index contributed by atoms with van der Waals surface area (Å²) < 4.78 is 6.60. The van der Waals surface area contributed by atoms with Gasteiger partial charge in [-0.15, -0.1) is 0 Å². The van der Waals surface area contributed by atoms with E-state index in [1.165, 1.54) is 0 Å². The highest BCUT2D eigenvalue weighted by Crippen LogP contribution is 2.24. The Hall–Kier alpha value is -1.07. The normalized spacial score (nSPS) is 12.0. The summed E-state index contributed by atoms with van der Waals surface area (Å²) in [7, 11) is 1.62. The number of nitrogens with one attached hydrogen (secondary N) is 1. The van der Waals surface area contributed by atoms with E-state index < -0.39 is 0 Å². The maximum absolute atomic E-state index is 11.1. The van der Waals surface area contributed by atoms with Gasteiger partial charge in [0.2, 0.25) is 5.91 Å². The molecule has 0 saturated carbocycles. The average Bonchev–Trinajstić information content (AvgIpc) is 2.41. The zero-order chi connectivity index (χ0) is 14.3. The second kappa shape index (κ2) is 8.17. The number of rotatable bonds is 7. The monoisotopic (exact) mass is 328 g/mol. The van der Waals surface area contributed by atoms with E-state index in [1.54, 1.807) is 7.05 Å². The number of carbonyl (C=O) groups is 1. The van der Waals surface area contributed by atoms with Crippen LogP contribution in [-0.2, 0) is 11.2 Å². The number of hydrogen-bond donors (Lipinski definition) is 2. The van der Waals surface area contributed by atoms with Gasteiger partial charge in [0.1, 0.15) is 5.75 Å². The van der Waals surface area contributed by atoms with E-state index in [4.69, 9.17) is 10.5 Å². The molecule has 0 heterocycles. The van der Waals surface area contributed by atoms with Gasteiger partial charge in [-0.1, -0.05) is 22.9 Å². The van der Waals surface area contributed by atoms with Crippen LogP contribution >= 0.6 is 15.9 Å². The first kappa shape index (κ1) is 16.0. The van der Waals surface area contributed by atoms with Gasteiger partial charge in [0, 0.05) is 17.6 Å². The minimum Gasteiger partial charge on any atom is -0.493 e. The van der Waals surface area contributed by atoms with Gasteiger partial charge in [-0.05, 0) is 36.6 Å². The molecule has 0 radical (unpaired) electrons. The van der Waals surface area contributed by atoms with Crippen LogP contribution in [0.1, 0.15) is 25.3 Å². The summed E-state index contributed by atoms with van der Waals surface area (Å²) in [6.07, 6.45) is 2.11. The lowest BCUT2D eigenvalue weighted by Crippen LogP contribution is -2.21. The lowest BCUT2D eigenvalue weighted by molar-refractivity contribution is -0.121. The van der Waals surface area contributed by atoms with Crippen molar-refractivity contribution in [2.75, 3.05) is 13.7 Å². The van der Waals surface area contributed by atoms with Crippen molar-refractivity contribution in [3.8, 4) is 5.75 Å². The van der Waals surface area contributed by atoms with Gasteiger partial charge in [0.05, 0.1) is 13.0 Å². The number of halogens is 1. The lowest BCUT2D eigenvalue weighted by Gasteiger charge is -2.12. The van der Waals surface area contributed by atoms with Gasteiger partial charge in [-0.2, -0.15) is 0 Å². The van der Waals surface area contributed by atoms with Crippen molar-refractivity contribution in [1.29, 1.82) is 0 Å². The predicted octanol–water partition coefficient (Wildman–Crippen LogP) is 2.24. The number of benzene rings is 1. The van der Waals surface area contributed by atoms with Gasteiger partial charge < -0.3 is 15.8 Å². The van der Waals surface area contributed by atoms with Gasteiger partial charge >= 0.3 is 0 Å². The third-order valence-electron chi connectivity index (χ3n) is 2.90. The van der Waals surface area contributed by atoms with E-state index in [0.717, 1.165) is 28.6 Å². The van der Waals surface area contributed by atoms with Crippen LogP contribution in [0.25, 0.3) is 0 Å².